The molecular weight excluding hydrogens is 199 g/mol. The number of hydrogen-bond acceptors (Lipinski definition) is 0. The quantitative estimate of drug-likeness (QED) is 0.643. The van der Waals surface area contributed by atoms with Crippen LogP contribution in [0.2, 0.25) is 5.02 Å². The Balaban J connectivity index is 2.36. The lowest BCUT2D eigenvalue weighted by molar-refractivity contribution is 0.654. The van der Waals surface area contributed by atoms with Crippen molar-refractivity contribution in [3.05, 3.63) is 52.8 Å². The van der Waals surface area contributed by atoms with Gasteiger partial charge in [0.1, 0.15) is 5.83 Å². The Bertz CT molecular complexity index is 405. The van der Waals surface area contributed by atoms with Crippen molar-refractivity contribution < 1.29 is 4.39 Å². The highest BCUT2D eigenvalue weighted by molar-refractivity contribution is 6.30. The summed E-state index contributed by atoms with van der Waals surface area (Å²) in [6, 6.07) is 7.53. The minimum Gasteiger partial charge on any atom is -0.207 e. The van der Waals surface area contributed by atoms with Crippen LogP contribution in [-0.2, 0) is 0 Å². The Kier molecular flexibility index (Phi) is 2.69. The minimum absolute atomic E-state index is 0.147. The first kappa shape index (κ1) is 9.47. The molecule has 0 bridgehead atoms. The number of hydrogen-bond donors (Lipinski definition) is 0. The molecule has 0 unspecified atom stereocenters. The van der Waals surface area contributed by atoms with Crippen molar-refractivity contribution in [2.75, 3.05) is 0 Å². The van der Waals surface area contributed by atoms with Crippen LogP contribution in [0.3, 0.4) is 0 Å². The molecule has 1 aliphatic rings. The van der Waals surface area contributed by atoms with E-state index in [1.54, 1.807) is 12.2 Å². The highest BCUT2D eigenvalue weighted by atomic mass is 35.5. The van der Waals surface area contributed by atoms with Gasteiger partial charge in [0.25, 0.3) is 0 Å². The molecule has 0 atom stereocenters. The molecule has 1 aliphatic carbocycles. The summed E-state index contributed by atoms with van der Waals surface area (Å²) in [5.74, 6) is -0.147. The summed E-state index contributed by atoms with van der Waals surface area (Å²) >= 11 is 5.86. The molecular formula is C12H10ClF. The third-order valence-electron chi connectivity index (χ3n) is 2.26. The van der Waals surface area contributed by atoms with Crippen LogP contribution in [-0.4, -0.2) is 0 Å². The van der Waals surface area contributed by atoms with E-state index in [0.29, 0.717) is 5.02 Å². The molecule has 0 saturated heterocycles. The highest BCUT2D eigenvalue weighted by Gasteiger charge is 2.07. The summed E-state index contributed by atoms with van der Waals surface area (Å²) in [5, 5.41) is 0.693. The largest absolute Gasteiger partial charge is 0.207 e. The van der Waals surface area contributed by atoms with E-state index in [4.69, 9.17) is 11.6 Å². The molecule has 0 radical (unpaired) electrons. The van der Waals surface area contributed by atoms with Crippen LogP contribution in [0.1, 0.15) is 18.4 Å². The molecule has 1 aromatic rings. The van der Waals surface area contributed by atoms with E-state index in [0.717, 1.165) is 24.0 Å². The minimum atomic E-state index is -0.147. The summed E-state index contributed by atoms with van der Waals surface area (Å²) in [4.78, 5) is 0. The van der Waals surface area contributed by atoms with Crippen molar-refractivity contribution in [3.63, 3.8) is 0 Å². The Labute approximate surface area is 87.7 Å². The second-order valence-corrected chi connectivity index (χ2v) is 3.74. The molecule has 0 heterocycles. The van der Waals surface area contributed by atoms with E-state index in [1.165, 1.54) is 0 Å². The van der Waals surface area contributed by atoms with Crippen molar-refractivity contribution in [1.29, 1.82) is 0 Å². The summed E-state index contributed by atoms with van der Waals surface area (Å²) in [6.07, 6.45) is 4.83. The van der Waals surface area contributed by atoms with E-state index in [1.807, 2.05) is 24.3 Å². The molecule has 0 N–H and O–H groups in total. The van der Waals surface area contributed by atoms with E-state index >= 15 is 0 Å². The molecule has 2 heteroatoms. The second-order valence-electron chi connectivity index (χ2n) is 3.31. The van der Waals surface area contributed by atoms with Gasteiger partial charge in [0.05, 0.1) is 0 Å². The predicted molar refractivity (Wildman–Crippen MR) is 57.9 cm³/mol. The van der Waals surface area contributed by atoms with Crippen LogP contribution < -0.4 is 0 Å². The summed E-state index contributed by atoms with van der Waals surface area (Å²) < 4.78 is 13.0. The zero-order chi connectivity index (χ0) is 9.97. The SMILES string of the molecule is FC1=CCCC(c2cccc(Cl)c2)=C1. The van der Waals surface area contributed by atoms with Crippen LogP contribution in [0.25, 0.3) is 5.57 Å². The maximum atomic E-state index is 13.0. The van der Waals surface area contributed by atoms with Gasteiger partial charge in [-0.1, -0.05) is 23.7 Å². The van der Waals surface area contributed by atoms with E-state index in [-0.39, 0.29) is 5.83 Å². The Morgan fingerprint density at radius 2 is 2.14 bits per heavy atom. The van der Waals surface area contributed by atoms with Gasteiger partial charge in [0.15, 0.2) is 0 Å². The monoisotopic (exact) mass is 208 g/mol. The van der Waals surface area contributed by atoms with Crippen LogP contribution in [0, 0.1) is 0 Å². The number of rotatable bonds is 1. The Morgan fingerprint density at radius 3 is 2.86 bits per heavy atom. The summed E-state index contributed by atoms with van der Waals surface area (Å²) in [5.41, 5.74) is 2.04. The van der Waals surface area contributed by atoms with Crippen LogP contribution in [0.5, 0.6) is 0 Å². The zero-order valence-electron chi connectivity index (χ0n) is 7.63. The maximum Gasteiger partial charge on any atom is 0.119 e. The highest BCUT2D eigenvalue weighted by Crippen LogP contribution is 2.28. The first-order valence-corrected chi connectivity index (χ1v) is 4.96. The van der Waals surface area contributed by atoms with Crippen LogP contribution in [0.4, 0.5) is 4.39 Å². The number of allylic oxidation sites excluding steroid dienone is 4. The van der Waals surface area contributed by atoms with E-state index in [9.17, 15) is 4.39 Å². The average molecular weight is 209 g/mol. The molecule has 0 spiro atoms. The van der Waals surface area contributed by atoms with Gasteiger partial charge in [-0.3, -0.25) is 0 Å². The fraction of sp³-hybridized carbons (Fsp3) is 0.167. The molecule has 72 valence electrons. The van der Waals surface area contributed by atoms with Crippen LogP contribution >= 0.6 is 11.6 Å². The van der Waals surface area contributed by atoms with Crippen molar-refractivity contribution in [1.82, 2.24) is 0 Å². The third kappa shape index (κ3) is 2.05. The number of halogens is 2. The molecule has 0 aliphatic heterocycles. The molecule has 0 saturated carbocycles. The van der Waals surface area contributed by atoms with E-state index in [2.05, 4.69) is 0 Å². The zero-order valence-corrected chi connectivity index (χ0v) is 8.39. The van der Waals surface area contributed by atoms with Gasteiger partial charge in [0.2, 0.25) is 0 Å². The molecule has 0 amide bonds. The lowest BCUT2D eigenvalue weighted by Gasteiger charge is -2.10. The van der Waals surface area contributed by atoms with Gasteiger partial charge in [-0.05, 0) is 48.3 Å². The van der Waals surface area contributed by atoms with Crippen molar-refractivity contribution in [3.8, 4) is 0 Å². The fourth-order valence-corrected chi connectivity index (χ4v) is 1.77. The molecule has 1 aromatic carbocycles. The second kappa shape index (κ2) is 3.97. The van der Waals surface area contributed by atoms with Gasteiger partial charge in [-0.15, -0.1) is 0 Å². The van der Waals surface area contributed by atoms with Crippen molar-refractivity contribution in [2.24, 2.45) is 0 Å². The standard InChI is InChI=1S/C12H10ClF/c13-11-5-1-3-9(7-11)10-4-2-6-12(14)8-10/h1,3,5-8H,2,4H2. The van der Waals surface area contributed by atoms with Crippen molar-refractivity contribution >= 4 is 17.2 Å². The molecule has 0 aromatic heterocycles. The Hall–Kier alpha value is -1.08. The normalized spacial score (nSPS) is 16.1. The lowest BCUT2D eigenvalue weighted by atomic mass is 9.97. The van der Waals surface area contributed by atoms with Gasteiger partial charge in [-0.25, -0.2) is 4.39 Å². The summed E-state index contributed by atoms with van der Waals surface area (Å²) in [6.45, 7) is 0. The molecule has 2 rings (SSSR count). The molecule has 0 fully saturated rings. The average Bonchev–Trinajstić information content (AvgIpc) is 2.18. The number of benzene rings is 1. The van der Waals surface area contributed by atoms with Crippen molar-refractivity contribution in [2.45, 2.75) is 12.8 Å². The summed E-state index contributed by atoms with van der Waals surface area (Å²) in [7, 11) is 0. The Morgan fingerprint density at radius 1 is 1.29 bits per heavy atom. The third-order valence-corrected chi connectivity index (χ3v) is 2.50. The van der Waals surface area contributed by atoms with Gasteiger partial charge < -0.3 is 0 Å². The molecule has 0 nitrogen and oxygen atoms in total. The lowest BCUT2D eigenvalue weighted by Crippen LogP contribution is -1.89. The maximum absolute atomic E-state index is 13.0. The molecule has 14 heavy (non-hydrogen) atoms. The van der Waals surface area contributed by atoms with Gasteiger partial charge in [0, 0.05) is 5.02 Å². The fourth-order valence-electron chi connectivity index (χ4n) is 1.58. The first-order chi connectivity index (χ1) is 6.75. The predicted octanol–water partition coefficient (Wildman–Crippen LogP) is 4.37. The smallest absolute Gasteiger partial charge is 0.119 e. The van der Waals surface area contributed by atoms with Gasteiger partial charge >= 0.3 is 0 Å². The first-order valence-electron chi connectivity index (χ1n) is 4.58. The van der Waals surface area contributed by atoms with Crippen LogP contribution in [0.15, 0.2) is 42.2 Å². The van der Waals surface area contributed by atoms with E-state index < -0.39 is 0 Å². The van der Waals surface area contributed by atoms with Gasteiger partial charge in [-0.2, -0.15) is 0 Å². The topological polar surface area (TPSA) is 0 Å².